The van der Waals surface area contributed by atoms with Crippen LogP contribution in [-0.2, 0) is 10.8 Å². The van der Waals surface area contributed by atoms with Crippen molar-refractivity contribution in [3.63, 3.8) is 0 Å². The molecule has 24 heavy (non-hydrogen) atoms. The molecule has 0 saturated carbocycles. The first-order valence-electron chi connectivity index (χ1n) is 8.54. The summed E-state index contributed by atoms with van der Waals surface area (Å²) >= 11 is 0. The van der Waals surface area contributed by atoms with E-state index in [0.29, 0.717) is 18.8 Å². The lowest BCUT2D eigenvalue weighted by Gasteiger charge is -2.56. The highest BCUT2D eigenvalue weighted by Gasteiger charge is 2.61. The molecule has 3 aliphatic heterocycles. The highest BCUT2D eigenvalue weighted by atomic mass is 32.2. The molecule has 4 rings (SSSR count). The number of piperidine rings is 1. The molecule has 0 bridgehead atoms. The molecule has 1 aromatic rings. The molecule has 1 amide bonds. The minimum atomic E-state index is -0.954. The number of amides is 1. The third-order valence-electron chi connectivity index (χ3n) is 6.21. The first-order chi connectivity index (χ1) is 11.3. The van der Waals surface area contributed by atoms with Crippen LogP contribution in [0.3, 0.4) is 0 Å². The lowest BCUT2D eigenvalue weighted by Crippen LogP contribution is -2.64. The number of hydrogen-bond acceptors (Lipinski definition) is 3. The molecule has 1 N–H and O–H groups in total. The fourth-order valence-corrected chi connectivity index (χ4v) is 6.43. The van der Waals surface area contributed by atoms with Gasteiger partial charge in [-0.25, -0.2) is 4.79 Å². The SMILES string of the molecule is CC(C)(C)[C@@]12CCN(C(=O)O)CC1c1cccc3c1N2CCS3=O. The zero-order chi connectivity index (χ0) is 17.3. The maximum atomic E-state index is 12.5. The maximum absolute atomic E-state index is 12.5. The smallest absolute Gasteiger partial charge is 0.407 e. The summed E-state index contributed by atoms with van der Waals surface area (Å²) in [7, 11) is -0.954. The Bertz CT molecular complexity index is 742. The van der Waals surface area contributed by atoms with Crippen LogP contribution in [0.5, 0.6) is 0 Å². The van der Waals surface area contributed by atoms with Crippen molar-refractivity contribution >= 4 is 22.6 Å². The Hall–Kier alpha value is -1.56. The molecule has 0 radical (unpaired) electrons. The number of anilines is 1. The summed E-state index contributed by atoms with van der Waals surface area (Å²) in [5.74, 6) is 0.788. The van der Waals surface area contributed by atoms with Crippen molar-refractivity contribution in [3.8, 4) is 0 Å². The summed E-state index contributed by atoms with van der Waals surface area (Å²) in [5.41, 5.74) is 2.19. The number of likely N-dealkylation sites (tertiary alicyclic amines) is 1. The topological polar surface area (TPSA) is 60.9 Å². The molecule has 1 saturated heterocycles. The van der Waals surface area contributed by atoms with Gasteiger partial charge < -0.3 is 14.9 Å². The summed E-state index contributed by atoms with van der Waals surface area (Å²) < 4.78 is 12.5. The van der Waals surface area contributed by atoms with E-state index < -0.39 is 16.9 Å². The molecule has 0 aliphatic carbocycles. The van der Waals surface area contributed by atoms with Crippen molar-refractivity contribution in [3.05, 3.63) is 23.8 Å². The van der Waals surface area contributed by atoms with Gasteiger partial charge in [0, 0.05) is 31.3 Å². The second kappa shape index (κ2) is 4.97. The Morgan fingerprint density at radius 3 is 2.75 bits per heavy atom. The molecule has 5 nitrogen and oxygen atoms in total. The Labute approximate surface area is 145 Å². The van der Waals surface area contributed by atoms with Crippen molar-refractivity contribution < 1.29 is 14.1 Å². The van der Waals surface area contributed by atoms with Crippen molar-refractivity contribution in [1.82, 2.24) is 4.90 Å². The Kier molecular flexibility index (Phi) is 3.30. The number of hydrogen-bond donors (Lipinski definition) is 1. The zero-order valence-electron chi connectivity index (χ0n) is 14.4. The maximum Gasteiger partial charge on any atom is 0.407 e. The van der Waals surface area contributed by atoms with Crippen LogP contribution >= 0.6 is 0 Å². The number of fused-ring (bicyclic) bond motifs is 3. The molecule has 1 aromatic carbocycles. The molecule has 2 unspecified atom stereocenters. The van der Waals surface area contributed by atoms with Crippen molar-refractivity contribution in [1.29, 1.82) is 0 Å². The van der Waals surface area contributed by atoms with E-state index in [-0.39, 0.29) is 16.9 Å². The monoisotopic (exact) mass is 348 g/mol. The largest absolute Gasteiger partial charge is 0.465 e. The minimum Gasteiger partial charge on any atom is -0.465 e. The second-order valence-corrected chi connectivity index (χ2v) is 9.64. The average molecular weight is 348 g/mol. The van der Waals surface area contributed by atoms with E-state index in [0.717, 1.165) is 23.5 Å². The van der Waals surface area contributed by atoms with E-state index in [1.54, 1.807) is 4.90 Å². The predicted octanol–water partition coefficient (Wildman–Crippen LogP) is 2.88. The fraction of sp³-hybridized carbons (Fsp3) is 0.611. The summed E-state index contributed by atoms with van der Waals surface area (Å²) in [6, 6.07) is 6.07. The fourth-order valence-electron chi connectivity index (χ4n) is 5.19. The van der Waals surface area contributed by atoms with Crippen LogP contribution in [0.2, 0.25) is 0 Å². The summed E-state index contributed by atoms with van der Waals surface area (Å²) in [4.78, 5) is 16.5. The van der Waals surface area contributed by atoms with Crippen LogP contribution < -0.4 is 4.90 Å². The first-order valence-corrected chi connectivity index (χ1v) is 9.86. The van der Waals surface area contributed by atoms with Gasteiger partial charge in [0.1, 0.15) is 0 Å². The number of benzene rings is 1. The van der Waals surface area contributed by atoms with E-state index in [1.807, 2.05) is 12.1 Å². The van der Waals surface area contributed by atoms with Crippen LogP contribution in [0, 0.1) is 5.41 Å². The lowest BCUT2D eigenvalue weighted by molar-refractivity contribution is 0.0577. The van der Waals surface area contributed by atoms with Gasteiger partial charge in [-0.1, -0.05) is 32.9 Å². The van der Waals surface area contributed by atoms with Crippen LogP contribution in [-0.4, -0.2) is 51.2 Å². The second-order valence-electron chi connectivity index (χ2n) is 8.10. The summed E-state index contributed by atoms with van der Waals surface area (Å²) in [6.07, 6.45) is -0.0269. The third-order valence-corrected chi connectivity index (χ3v) is 7.59. The van der Waals surface area contributed by atoms with Gasteiger partial charge in [-0.3, -0.25) is 4.21 Å². The van der Waals surface area contributed by atoms with Crippen molar-refractivity contribution in [2.24, 2.45) is 5.41 Å². The van der Waals surface area contributed by atoms with Gasteiger partial charge >= 0.3 is 6.09 Å². The standard InChI is InChI=1S/C18H24N2O3S/c1-17(2,3)18-7-8-19(16(21)22)11-13(18)12-5-4-6-14-15(12)20(18)9-10-24(14)23/h4-6,13H,7-11H2,1-3H3,(H,21,22)/t13?,18-,24?/m1/s1. The van der Waals surface area contributed by atoms with Gasteiger partial charge in [0.05, 0.1) is 26.9 Å². The number of nitrogens with zero attached hydrogens (tertiary/aromatic N) is 2. The van der Waals surface area contributed by atoms with E-state index in [2.05, 4.69) is 31.7 Å². The van der Waals surface area contributed by atoms with Crippen LogP contribution in [0.4, 0.5) is 10.5 Å². The summed E-state index contributed by atoms with van der Waals surface area (Å²) in [5, 5.41) is 9.49. The zero-order valence-corrected chi connectivity index (χ0v) is 15.2. The molecule has 0 aromatic heterocycles. The molecule has 3 atom stereocenters. The normalized spacial score (nSPS) is 31.6. The van der Waals surface area contributed by atoms with E-state index in [1.165, 1.54) is 5.56 Å². The quantitative estimate of drug-likeness (QED) is 0.783. The Morgan fingerprint density at radius 1 is 1.33 bits per heavy atom. The number of rotatable bonds is 0. The van der Waals surface area contributed by atoms with Crippen LogP contribution in [0.1, 0.15) is 38.7 Å². The van der Waals surface area contributed by atoms with Crippen LogP contribution in [0.15, 0.2) is 23.1 Å². The molecule has 3 heterocycles. The highest BCUT2D eigenvalue weighted by molar-refractivity contribution is 7.85. The molecular weight excluding hydrogens is 324 g/mol. The minimum absolute atomic E-state index is 0.00260. The molecule has 3 aliphatic rings. The van der Waals surface area contributed by atoms with Gasteiger partial charge in [0.15, 0.2) is 0 Å². The highest BCUT2D eigenvalue weighted by Crippen LogP contribution is 2.60. The van der Waals surface area contributed by atoms with E-state index in [9.17, 15) is 14.1 Å². The lowest BCUT2D eigenvalue weighted by atomic mass is 9.62. The average Bonchev–Trinajstić information content (AvgIpc) is 2.82. The van der Waals surface area contributed by atoms with Gasteiger partial charge in [-0.2, -0.15) is 0 Å². The van der Waals surface area contributed by atoms with Gasteiger partial charge in [0.2, 0.25) is 0 Å². The van der Waals surface area contributed by atoms with Gasteiger partial charge in [-0.05, 0) is 23.5 Å². The number of carboxylic acid groups (broad SMARTS) is 1. The third kappa shape index (κ3) is 1.86. The van der Waals surface area contributed by atoms with E-state index >= 15 is 0 Å². The number of carbonyl (C=O) groups is 1. The van der Waals surface area contributed by atoms with Crippen LogP contribution in [0.25, 0.3) is 0 Å². The van der Waals surface area contributed by atoms with Gasteiger partial charge in [0.25, 0.3) is 0 Å². The predicted molar refractivity (Wildman–Crippen MR) is 94.2 cm³/mol. The molecule has 0 spiro atoms. The van der Waals surface area contributed by atoms with Crippen molar-refractivity contribution in [2.75, 3.05) is 30.3 Å². The first kappa shape index (κ1) is 15.9. The Morgan fingerprint density at radius 2 is 2.08 bits per heavy atom. The molecule has 6 heteroatoms. The van der Waals surface area contributed by atoms with E-state index in [4.69, 9.17) is 0 Å². The Balaban J connectivity index is 1.93. The molecule has 1 fully saturated rings. The van der Waals surface area contributed by atoms with Crippen molar-refractivity contribution in [2.45, 2.75) is 43.5 Å². The molecule has 130 valence electrons. The van der Waals surface area contributed by atoms with Gasteiger partial charge in [-0.15, -0.1) is 0 Å². The number of para-hydroxylation sites is 1. The molecular formula is C18H24N2O3S. The summed E-state index contributed by atoms with van der Waals surface area (Å²) in [6.45, 7) is 8.64.